The molecule has 1 heterocycles. The van der Waals surface area contributed by atoms with Crippen molar-refractivity contribution >= 4 is 33.8 Å². The Bertz CT molecular complexity index is 718. The van der Waals surface area contributed by atoms with E-state index in [4.69, 9.17) is 17.0 Å². The van der Waals surface area contributed by atoms with Gasteiger partial charge in [-0.05, 0) is 42.8 Å². The first kappa shape index (κ1) is 15.9. The molecule has 2 N–H and O–H groups in total. The lowest BCUT2D eigenvalue weighted by molar-refractivity contribution is 0.114. The molecule has 1 saturated heterocycles. The lowest BCUT2D eigenvalue weighted by Gasteiger charge is -2.12. The summed E-state index contributed by atoms with van der Waals surface area (Å²) in [6.45, 7) is 3.57. The predicted molar refractivity (Wildman–Crippen MR) is 98.9 cm³/mol. The molecule has 1 aliphatic heterocycles. The molecule has 0 aromatic heterocycles. The third-order valence-corrected chi connectivity index (χ3v) is 4.25. The van der Waals surface area contributed by atoms with Crippen molar-refractivity contribution in [3.05, 3.63) is 48.0 Å². The van der Waals surface area contributed by atoms with Crippen molar-refractivity contribution in [2.75, 3.05) is 13.2 Å². The number of hydrogen-bond acceptors (Lipinski definition) is 3. The molecule has 0 radical (unpaired) electrons. The minimum atomic E-state index is 0.262. The van der Waals surface area contributed by atoms with Crippen LogP contribution in [0.25, 0.3) is 10.8 Å². The van der Waals surface area contributed by atoms with Crippen LogP contribution in [0.2, 0.25) is 0 Å². The highest BCUT2D eigenvalue weighted by molar-refractivity contribution is 7.80. The van der Waals surface area contributed by atoms with Crippen LogP contribution in [-0.2, 0) is 4.74 Å². The van der Waals surface area contributed by atoms with Gasteiger partial charge in [-0.2, -0.15) is 5.10 Å². The van der Waals surface area contributed by atoms with E-state index in [-0.39, 0.29) is 6.10 Å². The van der Waals surface area contributed by atoms with Gasteiger partial charge in [0.25, 0.3) is 0 Å². The maximum atomic E-state index is 5.56. The molecule has 5 heteroatoms. The first-order valence-electron chi connectivity index (χ1n) is 7.92. The summed E-state index contributed by atoms with van der Waals surface area (Å²) in [5.41, 5.74) is 4.94. The van der Waals surface area contributed by atoms with E-state index < -0.39 is 0 Å². The molecule has 3 rings (SSSR count). The molecule has 1 fully saturated rings. The summed E-state index contributed by atoms with van der Waals surface area (Å²) < 4.78 is 5.56. The normalized spacial score (nSPS) is 18.1. The van der Waals surface area contributed by atoms with E-state index >= 15 is 0 Å². The van der Waals surface area contributed by atoms with Gasteiger partial charge in [-0.25, -0.2) is 0 Å². The van der Waals surface area contributed by atoms with Crippen LogP contribution in [0, 0.1) is 0 Å². The number of fused-ring (bicyclic) bond motifs is 1. The molecule has 120 valence electrons. The molecule has 1 aliphatic rings. The average molecular weight is 327 g/mol. The van der Waals surface area contributed by atoms with Gasteiger partial charge in [0.15, 0.2) is 5.11 Å². The molecule has 0 bridgehead atoms. The average Bonchev–Trinajstić information content (AvgIpc) is 3.11. The third-order valence-electron chi connectivity index (χ3n) is 4.02. The molecule has 1 unspecified atom stereocenters. The number of benzene rings is 2. The second-order valence-corrected chi connectivity index (χ2v) is 6.09. The Morgan fingerprint density at radius 2 is 2.09 bits per heavy atom. The van der Waals surface area contributed by atoms with E-state index in [2.05, 4.69) is 40.1 Å². The zero-order valence-corrected chi connectivity index (χ0v) is 14.0. The van der Waals surface area contributed by atoms with Crippen molar-refractivity contribution in [1.82, 2.24) is 10.7 Å². The monoisotopic (exact) mass is 327 g/mol. The van der Waals surface area contributed by atoms with Crippen LogP contribution >= 0.6 is 12.2 Å². The van der Waals surface area contributed by atoms with Crippen molar-refractivity contribution in [2.45, 2.75) is 25.9 Å². The van der Waals surface area contributed by atoms with Gasteiger partial charge in [-0.3, -0.25) is 5.43 Å². The number of nitrogens with zero attached hydrogens (tertiary/aromatic N) is 1. The minimum Gasteiger partial charge on any atom is -0.376 e. The highest BCUT2D eigenvalue weighted by Gasteiger charge is 2.15. The summed E-state index contributed by atoms with van der Waals surface area (Å²) in [5.74, 6) is 0. The first-order valence-corrected chi connectivity index (χ1v) is 8.33. The number of nitrogens with one attached hydrogen (secondary N) is 2. The zero-order valence-electron chi connectivity index (χ0n) is 13.2. The standard InChI is InChI=1S/C18H21N3OS/c1-13(16-10-4-7-14-6-2-3-9-17(14)16)20-21-18(23)19-12-15-8-5-11-22-15/h2-4,6-7,9-10,15H,5,8,11-12H2,1H3,(H2,19,21,23)/b20-13+. The smallest absolute Gasteiger partial charge is 0.187 e. The topological polar surface area (TPSA) is 45.7 Å². The van der Waals surface area contributed by atoms with Gasteiger partial charge in [0, 0.05) is 18.7 Å². The maximum absolute atomic E-state index is 5.56. The summed E-state index contributed by atoms with van der Waals surface area (Å²) in [5, 5.41) is 10.5. The van der Waals surface area contributed by atoms with Gasteiger partial charge in [0.2, 0.25) is 0 Å². The van der Waals surface area contributed by atoms with Crippen LogP contribution in [0.1, 0.15) is 25.3 Å². The number of ether oxygens (including phenoxy) is 1. The van der Waals surface area contributed by atoms with Gasteiger partial charge in [0.05, 0.1) is 11.8 Å². The van der Waals surface area contributed by atoms with Crippen LogP contribution < -0.4 is 10.7 Å². The second-order valence-electron chi connectivity index (χ2n) is 5.68. The lowest BCUT2D eigenvalue weighted by atomic mass is 10.0. The minimum absolute atomic E-state index is 0.262. The Morgan fingerprint density at radius 3 is 2.91 bits per heavy atom. The largest absolute Gasteiger partial charge is 0.376 e. The second kappa shape index (κ2) is 7.53. The summed E-state index contributed by atoms with van der Waals surface area (Å²) >= 11 is 5.27. The van der Waals surface area contributed by atoms with E-state index in [9.17, 15) is 0 Å². The van der Waals surface area contributed by atoms with Crippen molar-refractivity contribution in [3.63, 3.8) is 0 Å². The highest BCUT2D eigenvalue weighted by Crippen LogP contribution is 2.19. The molecule has 0 spiro atoms. The summed E-state index contributed by atoms with van der Waals surface area (Å²) in [4.78, 5) is 0. The van der Waals surface area contributed by atoms with Gasteiger partial charge < -0.3 is 10.1 Å². The number of hydrazone groups is 1. The third kappa shape index (κ3) is 4.06. The Labute approximate surface area is 141 Å². The van der Waals surface area contributed by atoms with E-state index in [1.807, 2.05) is 25.1 Å². The molecular weight excluding hydrogens is 306 g/mol. The summed E-state index contributed by atoms with van der Waals surface area (Å²) in [6, 6.07) is 14.5. The fourth-order valence-electron chi connectivity index (χ4n) is 2.79. The van der Waals surface area contributed by atoms with E-state index in [0.717, 1.165) is 37.3 Å². The summed E-state index contributed by atoms with van der Waals surface area (Å²) in [7, 11) is 0. The molecule has 0 saturated carbocycles. The van der Waals surface area contributed by atoms with Crippen molar-refractivity contribution in [3.8, 4) is 0 Å². The van der Waals surface area contributed by atoms with Crippen molar-refractivity contribution in [2.24, 2.45) is 5.10 Å². The maximum Gasteiger partial charge on any atom is 0.187 e. The fourth-order valence-corrected chi connectivity index (χ4v) is 2.92. The van der Waals surface area contributed by atoms with Gasteiger partial charge in [-0.15, -0.1) is 0 Å². The van der Waals surface area contributed by atoms with Crippen molar-refractivity contribution < 1.29 is 4.74 Å². The van der Waals surface area contributed by atoms with E-state index in [0.29, 0.717) is 5.11 Å². The number of hydrogen-bond donors (Lipinski definition) is 2. The Morgan fingerprint density at radius 1 is 1.26 bits per heavy atom. The quantitative estimate of drug-likeness (QED) is 0.514. The SMILES string of the molecule is C/C(=N\NC(=S)NCC1CCCO1)c1cccc2ccccc12. The fraction of sp³-hybridized carbons (Fsp3) is 0.333. The lowest BCUT2D eigenvalue weighted by Crippen LogP contribution is -2.37. The predicted octanol–water partition coefficient (Wildman–Crippen LogP) is 3.21. The number of rotatable bonds is 4. The van der Waals surface area contributed by atoms with Crippen LogP contribution in [0.3, 0.4) is 0 Å². The Kier molecular flexibility index (Phi) is 5.20. The molecule has 4 nitrogen and oxygen atoms in total. The van der Waals surface area contributed by atoms with E-state index in [1.54, 1.807) is 0 Å². The van der Waals surface area contributed by atoms with Crippen LogP contribution in [-0.4, -0.2) is 30.1 Å². The van der Waals surface area contributed by atoms with Crippen LogP contribution in [0.4, 0.5) is 0 Å². The molecule has 1 atom stereocenters. The zero-order chi connectivity index (χ0) is 16.1. The van der Waals surface area contributed by atoms with Gasteiger partial charge in [0.1, 0.15) is 0 Å². The Balaban J connectivity index is 1.63. The summed E-state index contributed by atoms with van der Waals surface area (Å²) in [6.07, 6.45) is 2.48. The van der Waals surface area contributed by atoms with Crippen LogP contribution in [0.15, 0.2) is 47.6 Å². The molecule has 23 heavy (non-hydrogen) atoms. The molecule has 0 aliphatic carbocycles. The van der Waals surface area contributed by atoms with Crippen LogP contribution in [0.5, 0.6) is 0 Å². The molecular formula is C18H21N3OS. The highest BCUT2D eigenvalue weighted by atomic mass is 32.1. The molecule has 0 amide bonds. The van der Waals surface area contributed by atoms with Gasteiger partial charge >= 0.3 is 0 Å². The molecule has 2 aromatic rings. The number of thiocarbonyl (C=S) groups is 1. The first-order chi connectivity index (χ1) is 11.2. The van der Waals surface area contributed by atoms with E-state index in [1.165, 1.54) is 10.8 Å². The van der Waals surface area contributed by atoms with Gasteiger partial charge in [-0.1, -0.05) is 42.5 Å². The van der Waals surface area contributed by atoms with Crippen molar-refractivity contribution in [1.29, 1.82) is 0 Å². The Hall–Kier alpha value is -1.98. The molecule has 2 aromatic carbocycles.